The van der Waals surface area contributed by atoms with Crippen LogP contribution in [0, 0.1) is 23.7 Å². The highest BCUT2D eigenvalue weighted by molar-refractivity contribution is 6.38. The maximum absolute atomic E-state index is 14.0. The molecular weight excluding hydrogens is 586 g/mol. The average molecular weight is 634 g/mol. The number of carbonyl (C=O) groups excluding carboxylic acids is 6. The van der Waals surface area contributed by atoms with Gasteiger partial charge >= 0.3 is 0 Å². The predicted molar refractivity (Wildman–Crippen MR) is 172 cm³/mol. The summed E-state index contributed by atoms with van der Waals surface area (Å²) in [5, 5.41) is 5.52. The van der Waals surface area contributed by atoms with Crippen LogP contribution in [0.4, 0.5) is 0 Å². The Hall–Kier alpha value is -4.28. The molecule has 1 saturated heterocycles. The van der Waals surface area contributed by atoms with E-state index < -0.39 is 53.3 Å². The lowest BCUT2D eigenvalue weighted by atomic mass is 9.86. The summed E-state index contributed by atoms with van der Waals surface area (Å²) < 4.78 is 0. The predicted octanol–water partition coefficient (Wildman–Crippen LogP) is 3.37. The molecule has 0 aliphatic carbocycles. The number of aromatic nitrogens is 2. The molecule has 2 N–H and O–H groups in total. The zero-order valence-electron chi connectivity index (χ0n) is 27.7. The molecule has 0 bridgehead atoms. The minimum Gasteiger partial charge on any atom is -0.342 e. The maximum atomic E-state index is 14.0. The first-order valence-electron chi connectivity index (χ1n) is 16.2. The molecule has 0 radical (unpaired) electrons. The van der Waals surface area contributed by atoms with Crippen molar-refractivity contribution in [1.82, 2.24) is 25.5 Å². The number of hydrogen-bond donors (Lipinski definition) is 2. The Kier molecular flexibility index (Phi) is 13.3. The Morgan fingerprint density at radius 1 is 0.935 bits per heavy atom. The van der Waals surface area contributed by atoms with E-state index in [0.717, 1.165) is 5.56 Å². The fraction of sp³-hybridized carbons (Fsp3) is 0.543. The summed E-state index contributed by atoms with van der Waals surface area (Å²) in [5.41, 5.74) is 1.02. The fourth-order valence-corrected chi connectivity index (χ4v) is 5.83. The van der Waals surface area contributed by atoms with E-state index in [2.05, 4.69) is 20.6 Å². The number of aryl methyl sites for hydroxylation is 1. The summed E-state index contributed by atoms with van der Waals surface area (Å²) in [5.74, 6) is -4.33. The van der Waals surface area contributed by atoms with Gasteiger partial charge in [-0.1, -0.05) is 71.9 Å². The fourth-order valence-electron chi connectivity index (χ4n) is 5.83. The highest BCUT2D eigenvalue weighted by Gasteiger charge is 2.43. The van der Waals surface area contributed by atoms with Gasteiger partial charge in [0.2, 0.25) is 17.6 Å². The number of rotatable bonds is 16. The van der Waals surface area contributed by atoms with Gasteiger partial charge in [0.25, 0.3) is 5.91 Å². The van der Waals surface area contributed by atoms with Gasteiger partial charge in [0, 0.05) is 37.7 Å². The summed E-state index contributed by atoms with van der Waals surface area (Å²) in [6.45, 7) is 11.2. The number of nitrogens with one attached hydrogen (secondary N) is 2. The molecule has 11 heteroatoms. The first-order valence-corrected chi connectivity index (χ1v) is 16.2. The zero-order valence-corrected chi connectivity index (χ0v) is 27.7. The van der Waals surface area contributed by atoms with Gasteiger partial charge in [-0.3, -0.25) is 33.8 Å². The van der Waals surface area contributed by atoms with Crippen molar-refractivity contribution < 1.29 is 28.8 Å². The molecule has 2 heterocycles. The second kappa shape index (κ2) is 16.9. The molecule has 0 saturated carbocycles. The summed E-state index contributed by atoms with van der Waals surface area (Å²) >= 11 is 0. The normalized spacial score (nSPS) is 18.1. The zero-order chi connectivity index (χ0) is 34.0. The Labute approximate surface area is 271 Å². The van der Waals surface area contributed by atoms with Crippen molar-refractivity contribution in [3.8, 4) is 0 Å². The average Bonchev–Trinajstić information content (AvgIpc) is 3.44. The number of hydrogen-bond acceptors (Lipinski definition) is 8. The number of benzene rings is 1. The van der Waals surface area contributed by atoms with E-state index >= 15 is 0 Å². The van der Waals surface area contributed by atoms with E-state index in [4.69, 9.17) is 0 Å². The Bertz CT molecular complexity index is 1380. The molecule has 3 rings (SSSR count). The van der Waals surface area contributed by atoms with Crippen LogP contribution in [0.5, 0.6) is 0 Å². The molecule has 1 aliphatic rings. The quantitative estimate of drug-likeness (QED) is 0.267. The number of Topliss-reactive ketones (excluding diaryl/α,β-unsaturated/α-hetero) is 3. The highest BCUT2D eigenvalue weighted by Crippen LogP contribution is 2.29. The van der Waals surface area contributed by atoms with E-state index in [1.54, 1.807) is 34.6 Å². The molecule has 248 valence electrons. The van der Waals surface area contributed by atoms with Crippen LogP contribution < -0.4 is 10.6 Å². The van der Waals surface area contributed by atoms with Crippen LogP contribution in [-0.4, -0.2) is 74.6 Å². The Morgan fingerprint density at radius 3 is 2.20 bits per heavy atom. The third kappa shape index (κ3) is 9.37. The first-order chi connectivity index (χ1) is 21.8. The van der Waals surface area contributed by atoms with Gasteiger partial charge < -0.3 is 15.5 Å². The van der Waals surface area contributed by atoms with Gasteiger partial charge in [0.05, 0.1) is 12.2 Å². The number of carbonyl (C=O) groups is 6. The number of likely N-dealkylation sites (tertiary alicyclic amines) is 1. The van der Waals surface area contributed by atoms with E-state index in [1.165, 1.54) is 23.5 Å². The van der Waals surface area contributed by atoms with Crippen LogP contribution in [0.3, 0.4) is 0 Å². The molecule has 1 unspecified atom stereocenters. The molecule has 2 aromatic rings. The van der Waals surface area contributed by atoms with Crippen molar-refractivity contribution in [3.05, 3.63) is 60.2 Å². The maximum Gasteiger partial charge on any atom is 0.272 e. The molecule has 3 amide bonds. The van der Waals surface area contributed by atoms with E-state index in [0.29, 0.717) is 25.8 Å². The minimum atomic E-state index is -0.953. The molecule has 5 atom stereocenters. The molecule has 1 aromatic carbocycles. The van der Waals surface area contributed by atoms with Gasteiger partial charge in [-0.15, -0.1) is 0 Å². The lowest BCUT2D eigenvalue weighted by Crippen LogP contribution is -2.58. The Morgan fingerprint density at radius 2 is 1.61 bits per heavy atom. The molecule has 11 nitrogen and oxygen atoms in total. The van der Waals surface area contributed by atoms with Gasteiger partial charge in [0.1, 0.15) is 17.8 Å². The summed E-state index contributed by atoms with van der Waals surface area (Å²) in [4.78, 5) is 89.1. The topological polar surface area (TPSA) is 156 Å². The van der Waals surface area contributed by atoms with Gasteiger partial charge in [-0.05, 0) is 42.6 Å². The second-order valence-corrected chi connectivity index (χ2v) is 12.8. The third-order valence-electron chi connectivity index (χ3n) is 8.64. The number of amides is 3. The van der Waals surface area contributed by atoms with Crippen LogP contribution in [-0.2, 0) is 30.4 Å². The van der Waals surface area contributed by atoms with Crippen molar-refractivity contribution in [2.24, 2.45) is 23.7 Å². The van der Waals surface area contributed by atoms with Crippen LogP contribution in [0.15, 0.2) is 48.9 Å². The summed E-state index contributed by atoms with van der Waals surface area (Å²) in [7, 11) is 0. The number of nitrogens with zero attached hydrogens (tertiary/aromatic N) is 3. The van der Waals surface area contributed by atoms with Crippen molar-refractivity contribution in [1.29, 1.82) is 0 Å². The molecule has 0 spiro atoms. The van der Waals surface area contributed by atoms with Crippen molar-refractivity contribution >= 4 is 35.1 Å². The van der Waals surface area contributed by atoms with E-state index in [1.807, 2.05) is 37.3 Å². The smallest absolute Gasteiger partial charge is 0.272 e. The van der Waals surface area contributed by atoms with Gasteiger partial charge in [-0.25, -0.2) is 4.98 Å². The lowest BCUT2D eigenvalue weighted by molar-refractivity contribution is -0.144. The first kappa shape index (κ1) is 36.2. The highest BCUT2D eigenvalue weighted by atomic mass is 16.2. The van der Waals surface area contributed by atoms with Crippen LogP contribution >= 0.6 is 0 Å². The minimum absolute atomic E-state index is 0.0617. The molecule has 1 aromatic heterocycles. The Balaban J connectivity index is 1.69. The third-order valence-corrected chi connectivity index (χ3v) is 8.64. The van der Waals surface area contributed by atoms with Crippen molar-refractivity contribution in [2.45, 2.75) is 91.8 Å². The second-order valence-electron chi connectivity index (χ2n) is 12.8. The van der Waals surface area contributed by atoms with Crippen molar-refractivity contribution in [3.63, 3.8) is 0 Å². The SMILES string of the molecule is CCC(CC(=O)[C@@H]1[C@@H](C)CCN1C(=O)[C@@H](NC(=O)[C@@H](NC(=O)c1cnccn1)C(C)C)C(C)C)C(=O)C(=O)CCc1ccccc1. The van der Waals surface area contributed by atoms with E-state index in [9.17, 15) is 28.8 Å². The standard InChI is InChI=1S/C35H47N5O6/c1-7-25(32(43)27(41)14-13-24-11-9-8-10-12-24)19-28(42)31-23(6)15-18-40(31)35(46)30(22(4)5)39-34(45)29(21(2)3)38-33(44)26-20-36-16-17-37-26/h8-12,16-17,20-23,25,29-31H,7,13-15,18-19H2,1-6H3,(H,38,44)(H,39,45)/t23-,25?,29-,30-,31-/m0/s1. The molecule has 46 heavy (non-hydrogen) atoms. The van der Waals surface area contributed by atoms with E-state index in [-0.39, 0.29) is 42.1 Å². The van der Waals surface area contributed by atoms with Gasteiger partial charge in [-0.2, -0.15) is 0 Å². The summed E-state index contributed by atoms with van der Waals surface area (Å²) in [6.07, 6.45) is 5.42. The molecule has 1 aliphatic heterocycles. The molecular formula is C35H47N5O6. The van der Waals surface area contributed by atoms with Crippen LogP contribution in [0.2, 0.25) is 0 Å². The summed E-state index contributed by atoms with van der Waals surface area (Å²) in [6, 6.07) is 6.76. The van der Waals surface area contributed by atoms with Crippen molar-refractivity contribution in [2.75, 3.05) is 6.54 Å². The number of ketones is 3. The molecule has 1 fully saturated rings. The monoisotopic (exact) mass is 633 g/mol. The largest absolute Gasteiger partial charge is 0.342 e. The lowest BCUT2D eigenvalue weighted by Gasteiger charge is -2.33. The van der Waals surface area contributed by atoms with Crippen LogP contribution in [0.1, 0.15) is 83.3 Å². The van der Waals surface area contributed by atoms with Gasteiger partial charge in [0.15, 0.2) is 11.6 Å². The van der Waals surface area contributed by atoms with Crippen LogP contribution in [0.25, 0.3) is 0 Å².